The molecule has 1 aliphatic carbocycles. The Morgan fingerprint density at radius 3 is 2.86 bits per heavy atom. The van der Waals surface area contributed by atoms with Gasteiger partial charge in [-0.2, -0.15) is 5.26 Å². The second kappa shape index (κ2) is 5.66. The summed E-state index contributed by atoms with van der Waals surface area (Å²) in [5, 5.41) is 18.6. The van der Waals surface area contributed by atoms with Crippen LogP contribution in [0.3, 0.4) is 0 Å². The quantitative estimate of drug-likeness (QED) is 0.881. The highest BCUT2D eigenvalue weighted by molar-refractivity contribution is 6.09. The van der Waals surface area contributed by atoms with Gasteiger partial charge in [-0.15, -0.1) is 0 Å². The van der Waals surface area contributed by atoms with E-state index in [-0.39, 0.29) is 24.4 Å². The molecule has 1 aliphatic heterocycles. The Morgan fingerprint density at radius 1 is 1.43 bits per heavy atom. The van der Waals surface area contributed by atoms with Crippen LogP contribution in [-0.2, 0) is 11.2 Å². The molecule has 21 heavy (non-hydrogen) atoms. The summed E-state index contributed by atoms with van der Waals surface area (Å²) in [5.41, 5.74) is 2.85. The van der Waals surface area contributed by atoms with Crippen LogP contribution >= 0.6 is 0 Å². The Hall–Kier alpha value is -2.19. The van der Waals surface area contributed by atoms with Crippen molar-refractivity contribution in [3.05, 3.63) is 35.2 Å². The molecule has 2 aliphatic rings. The Morgan fingerprint density at radius 2 is 2.19 bits per heavy atom. The smallest absolute Gasteiger partial charge is 0.179 e. The van der Waals surface area contributed by atoms with E-state index >= 15 is 0 Å². The van der Waals surface area contributed by atoms with Gasteiger partial charge in [-0.05, 0) is 30.4 Å². The molecule has 0 unspecified atom stereocenters. The maximum absolute atomic E-state index is 12.2. The van der Waals surface area contributed by atoms with Crippen molar-refractivity contribution in [1.82, 2.24) is 9.88 Å². The normalized spacial score (nSPS) is 19.4. The van der Waals surface area contributed by atoms with E-state index in [2.05, 4.69) is 16.0 Å². The van der Waals surface area contributed by atoms with Crippen LogP contribution in [0.1, 0.15) is 24.0 Å². The van der Waals surface area contributed by atoms with Crippen LogP contribution in [-0.4, -0.2) is 40.5 Å². The van der Waals surface area contributed by atoms with E-state index in [0.717, 1.165) is 42.8 Å². The van der Waals surface area contributed by atoms with Gasteiger partial charge < -0.3 is 10.0 Å². The number of likely N-dealkylation sites (tertiary alicyclic amines) is 1. The van der Waals surface area contributed by atoms with E-state index in [4.69, 9.17) is 0 Å². The molecule has 108 valence electrons. The first kappa shape index (κ1) is 13.8. The summed E-state index contributed by atoms with van der Waals surface area (Å²) in [6.07, 6.45) is 5.43. The van der Waals surface area contributed by atoms with E-state index in [0.29, 0.717) is 5.92 Å². The molecule has 5 nitrogen and oxygen atoms in total. The number of rotatable bonds is 2. The van der Waals surface area contributed by atoms with Gasteiger partial charge in [0.05, 0.1) is 5.70 Å². The molecule has 1 aromatic heterocycles. The Balaban J connectivity index is 2.01. The van der Waals surface area contributed by atoms with Crippen LogP contribution in [0.15, 0.2) is 24.0 Å². The summed E-state index contributed by atoms with van der Waals surface area (Å²) in [5.74, 6) is 0.195. The van der Waals surface area contributed by atoms with Crippen molar-refractivity contribution in [1.29, 1.82) is 5.26 Å². The number of nitrogens with zero attached hydrogens (tertiary/aromatic N) is 3. The van der Waals surface area contributed by atoms with Crippen LogP contribution in [0.4, 0.5) is 0 Å². The van der Waals surface area contributed by atoms with Gasteiger partial charge >= 0.3 is 0 Å². The zero-order valence-corrected chi connectivity index (χ0v) is 11.7. The van der Waals surface area contributed by atoms with Crippen molar-refractivity contribution in [3.63, 3.8) is 0 Å². The number of aromatic nitrogens is 1. The van der Waals surface area contributed by atoms with Gasteiger partial charge in [-0.25, -0.2) is 0 Å². The molecule has 0 amide bonds. The van der Waals surface area contributed by atoms with Gasteiger partial charge in [0.2, 0.25) is 0 Å². The van der Waals surface area contributed by atoms with E-state index in [1.165, 1.54) is 0 Å². The number of nitriles is 1. The number of allylic oxidation sites excluding steroid dienone is 1. The zero-order valence-electron chi connectivity index (χ0n) is 11.7. The number of piperidine rings is 1. The maximum Gasteiger partial charge on any atom is 0.179 e. The number of Topliss-reactive ketones (excluding diaryl/α,β-unsaturated/α-hetero) is 1. The second-order valence-electron chi connectivity index (χ2n) is 5.58. The molecule has 0 radical (unpaired) electrons. The molecule has 2 heterocycles. The lowest BCUT2D eigenvalue weighted by atomic mass is 9.87. The molecule has 3 rings (SSSR count). The molecular formula is C16H17N3O2. The molecule has 1 N–H and O–H groups in total. The average Bonchev–Trinajstić information content (AvgIpc) is 2.53. The molecule has 0 saturated carbocycles. The minimum absolute atomic E-state index is 0.128. The first-order valence-electron chi connectivity index (χ1n) is 7.21. The summed E-state index contributed by atoms with van der Waals surface area (Å²) in [6.45, 7) is 1.74. The van der Waals surface area contributed by atoms with Gasteiger partial charge in [0.15, 0.2) is 5.78 Å². The number of aliphatic hydroxyl groups excluding tert-OH is 1. The van der Waals surface area contributed by atoms with Crippen molar-refractivity contribution in [2.24, 2.45) is 5.92 Å². The third-order valence-corrected chi connectivity index (χ3v) is 4.33. The molecule has 0 atom stereocenters. The minimum Gasteiger partial charge on any atom is -0.396 e. The van der Waals surface area contributed by atoms with Gasteiger partial charge in [0, 0.05) is 44.1 Å². The van der Waals surface area contributed by atoms with E-state index in [9.17, 15) is 15.2 Å². The molecule has 1 fully saturated rings. The van der Waals surface area contributed by atoms with Crippen molar-refractivity contribution >= 4 is 11.5 Å². The number of ketones is 1. The summed E-state index contributed by atoms with van der Waals surface area (Å²) in [6, 6.07) is 3.97. The van der Waals surface area contributed by atoms with Crippen LogP contribution < -0.4 is 0 Å². The van der Waals surface area contributed by atoms with Gasteiger partial charge in [-0.3, -0.25) is 9.78 Å². The van der Waals surface area contributed by atoms with Crippen molar-refractivity contribution in [2.75, 3.05) is 19.7 Å². The Labute approximate surface area is 123 Å². The topological polar surface area (TPSA) is 77.2 Å². The van der Waals surface area contributed by atoms with Crippen LogP contribution in [0.5, 0.6) is 0 Å². The first-order chi connectivity index (χ1) is 10.2. The van der Waals surface area contributed by atoms with Crippen LogP contribution in [0.2, 0.25) is 0 Å². The predicted molar refractivity (Wildman–Crippen MR) is 76.9 cm³/mol. The standard InChI is InChI=1S/C16H17N3O2/c17-8-14-15(21)7-12-9-18-4-1-13(12)16(14)19-5-2-11(10-20)3-6-19/h1,4,9,11,20H,2-3,5-7,10H2. The molecule has 0 aromatic carbocycles. The molecule has 1 aromatic rings. The van der Waals surface area contributed by atoms with E-state index in [1.807, 2.05) is 6.07 Å². The minimum atomic E-state index is -0.128. The second-order valence-corrected chi connectivity index (χ2v) is 5.58. The number of carbonyl (C=O) groups is 1. The molecule has 1 saturated heterocycles. The molecule has 5 heteroatoms. The maximum atomic E-state index is 12.2. The highest BCUT2D eigenvalue weighted by Crippen LogP contribution is 2.34. The highest BCUT2D eigenvalue weighted by Gasteiger charge is 2.31. The lowest BCUT2D eigenvalue weighted by Crippen LogP contribution is -2.36. The SMILES string of the molecule is N#CC1=C(N2CCC(CO)CC2)c2ccncc2CC1=O. The van der Waals surface area contributed by atoms with Gasteiger partial charge in [0.1, 0.15) is 11.6 Å². The number of pyridine rings is 1. The number of aliphatic hydroxyl groups is 1. The average molecular weight is 283 g/mol. The molecule has 0 spiro atoms. The number of hydrogen-bond donors (Lipinski definition) is 1. The fourth-order valence-electron chi connectivity index (χ4n) is 3.11. The molecule has 0 bridgehead atoms. The third-order valence-electron chi connectivity index (χ3n) is 4.33. The fourth-order valence-corrected chi connectivity index (χ4v) is 3.11. The Kier molecular flexibility index (Phi) is 3.72. The number of fused-ring (bicyclic) bond motifs is 1. The highest BCUT2D eigenvalue weighted by atomic mass is 16.3. The first-order valence-corrected chi connectivity index (χ1v) is 7.21. The van der Waals surface area contributed by atoms with E-state index in [1.54, 1.807) is 12.4 Å². The van der Waals surface area contributed by atoms with E-state index < -0.39 is 0 Å². The molecular weight excluding hydrogens is 266 g/mol. The van der Waals surface area contributed by atoms with Gasteiger partial charge in [-0.1, -0.05) is 0 Å². The third kappa shape index (κ3) is 2.43. The largest absolute Gasteiger partial charge is 0.396 e. The summed E-state index contributed by atoms with van der Waals surface area (Å²) in [7, 11) is 0. The lowest BCUT2D eigenvalue weighted by Gasteiger charge is -2.36. The number of hydrogen-bond acceptors (Lipinski definition) is 5. The van der Waals surface area contributed by atoms with Crippen LogP contribution in [0, 0.1) is 17.2 Å². The fraction of sp³-hybridized carbons (Fsp3) is 0.438. The monoisotopic (exact) mass is 283 g/mol. The van der Waals surface area contributed by atoms with Crippen molar-refractivity contribution in [2.45, 2.75) is 19.3 Å². The Bertz CT molecular complexity index is 637. The van der Waals surface area contributed by atoms with Crippen molar-refractivity contribution < 1.29 is 9.90 Å². The number of carbonyl (C=O) groups excluding carboxylic acids is 1. The zero-order chi connectivity index (χ0) is 14.8. The summed E-state index contributed by atoms with van der Waals surface area (Å²) >= 11 is 0. The summed E-state index contributed by atoms with van der Waals surface area (Å²) < 4.78 is 0. The lowest BCUT2D eigenvalue weighted by molar-refractivity contribution is -0.114. The predicted octanol–water partition coefficient (Wildman–Crippen LogP) is 1.15. The van der Waals surface area contributed by atoms with Crippen LogP contribution in [0.25, 0.3) is 5.70 Å². The summed E-state index contributed by atoms with van der Waals surface area (Å²) in [4.78, 5) is 18.4. The van der Waals surface area contributed by atoms with Gasteiger partial charge in [0.25, 0.3) is 0 Å². The van der Waals surface area contributed by atoms with Crippen molar-refractivity contribution in [3.8, 4) is 6.07 Å².